The van der Waals surface area contributed by atoms with Crippen LogP contribution in [0.5, 0.6) is 0 Å². The van der Waals surface area contributed by atoms with Gasteiger partial charge in [0.2, 0.25) is 0 Å². The summed E-state index contributed by atoms with van der Waals surface area (Å²) < 4.78 is 6.65. The van der Waals surface area contributed by atoms with Crippen molar-refractivity contribution in [3.63, 3.8) is 0 Å². The van der Waals surface area contributed by atoms with Gasteiger partial charge in [0, 0.05) is 11.6 Å². The Morgan fingerprint density at radius 1 is 1.28 bits per heavy atom. The summed E-state index contributed by atoms with van der Waals surface area (Å²) in [7, 11) is 0. The Morgan fingerprint density at radius 2 is 2.17 bits per heavy atom. The molecule has 0 aliphatic rings. The van der Waals surface area contributed by atoms with Crippen LogP contribution in [-0.2, 0) is 0 Å². The maximum Gasteiger partial charge on any atom is 0.169 e. The van der Waals surface area contributed by atoms with Crippen molar-refractivity contribution in [3.8, 4) is 17.0 Å². The molecule has 0 atom stereocenters. The molecule has 0 spiro atoms. The van der Waals surface area contributed by atoms with Crippen LogP contribution in [0.3, 0.4) is 0 Å². The first-order valence-electron chi connectivity index (χ1n) is 5.11. The quantitative estimate of drug-likeness (QED) is 0.764. The van der Waals surface area contributed by atoms with E-state index in [0.29, 0.717) is 16.6 Å². The zero-order valence-corrected chi connectivity index (χ0v) is 9.87. The van der Waals surface area contributed by atoms with E-state index in [-0.39, 0.29) is 0 Å². The van der Waals surface area contributed by atoms with E-state index in [2.05, 4.69) is 15.2 Å². The molecule has 6 nitrogen and oxygen atoms in total. The second-order valence-corrected chi connectivity index (χ2v) is 4.03. The van der Waals surface area contributed by atoms with E-state index in [1.807, 2.05) is 12.1 Å². The van der Waals surface area contributed by atoms with Gasteiger partial charge in [-0.15, -0.1) is 0 Å². The van der Waals surface area contributed by atoms with Crippen molar-refractivity contribution in [2.45, 2.75) is 0 Å². The number of aromatic nitrogens is 4. The van der Waals surface area contributed by atoms with Crippen molar-refractivity contribution in [2.24, 2.45) is 0 Å². The largest absolute Gasteiger partial charge is 0.381 e. The van der Waals surface area contributed by atoms with Crippen molar-refractivity contribution in [3.05, 3.63) is 41.9 Å². The second kappa shape index (κ2) is 4.15. The van der Waals surface area contributed by atoms with Gasteiger partial charge >= 0.3 is 0 Å². The van der Waals surface area contributed by atoms with Gasteiger partial charge in [-0.05, 0) is 18.2 Å². The third-order valence-corrected chi connectivity index (χ3v) is 2.73. The SMILES string of the molecule is Nc1cc(-c2ccc(-n3cncn3)c(Cl)c2)on1. The molecule has 0 amide bonds. The standard InChI is InChI=1S/C11H8ClN5O/c12-8-3-7(10-4-11(13)16-18-10)1-2-9(8)17-6-14-5-15-17/h1-6H,(H2,13,16). The molecule has 0 radical (unpaired) electrons. The molecule has 2 aromatic heterocycles. The first kappa shape index (κ1) is 10.8. The highest BCUT2D eigenvalue weighted by atomic mass is 35.5. The fraction of sp³-hybridized carbons (Fsp3) is 0. The molecule has 0 saturated carbocycles. The van der Waals surface area contributed by atoms with Gasteiger partial charge < -0.3 is 10.3 Å². The Balaban J connectivity index is 2.04. The van der Waals surface area contributed by atoms with Crippen LogP contribution in [0.1, 0.15) is 0 Å². The average molecular weight is 262 g/mol. The number of hydrogen-bond acceptors (Lipinski definition) is 5. The molecule has 2 heterocycles. The number of benzene rings is 1. The van der Waals surface area contributed by atoms with Crippen LogP contribution in [0.4, 0.5) is 5.82 Å². The van der Waals surface area contributed by atoms with Crippen LogP contribution >= 0.6 is 11.6 Å². The summed E-state index contributed by atoms with van der Waals surface area (Å²) in [5, 5.41) is 8.18. The number of anilines is 1. The molecular formula is C11H8ClN5O. The zero-order chi connectivity index (χ0) is 12.5. The van der Waals surface area contributed by atoms with Crippen LogP contribution in [-0.4, -0.2) is 19.9 Å². The van der Waals surface area contributed by atoms with E-state index >= 15 is 0 Å². The lowest BCUT2D eigenvalue weighted by Crippen LogP contribution is -1.95. The minimum atomic E-state index is 0.335. The average Bonchev–Trinajstić information content (AvgIpc) is 2.99. The highest BCUT2D eigenvalue weighted by molar-refractivity contribution is 6.32. The lowest BCUT2D eigenvalue weighted by Gasteiger charge is -2.04. The van der Waals surface area contributed by atoms with Crippen LogP contribution in [0.25, 0.3) is 17.0 Å². The Morgan fingerprint density at radius 3 is 2.78 bits per heavy atom. The van der Waals surface area contributed by atoms with Crippen LogP contribution < -0.4 is 5.73 Å². The Labute approximate surface area is 107 Å². The summed E-state index contributed by atoms with van der Waals surface area (Å²) in [4.78, 5) is 3.87. The van der Waals surface area contributed by atoms with E-state index in [0.717, 1.165) is 11.3 Å². The highest BCUT2D eigenvalue weighted by Gasteiger charge is 2.09. The van der Waals surface area contributed by atoms with Crippen LogP contribution in [0.15, 0.2) is 41.4 Å². The number of hydrogen-bond donors (Lipinski definition) is 1. The predicted octanol–water partition coefficient (Wildman–Crippen LogP) is 2.16. The van der Waals surface area contributed by atoms with Crippen molar-refractivity contribution in [2.75, 3.05) is 5.73 Å². The summed E-state index contributed by atoms with van der Waals surface area (Å²) >= 11 is 6.20. The topological polar surface area (TPSA) is 82.8 Å². The molecule has 0 unspecified atom stereocenters. The van der Waals surface area contributed by atoms with Crippen LogP contribution in [0.2, 0.25) is 5.02 Å². The third-order valence-electron chi connectivity index (χ3n) is 2.43. The summed E-state index contributed by atoms with van der Waals surface area (Å²) in [5.41, 5.74) is 7.04. The number of nitrogens with zero attached hydrogens (tertiary/aromatic N) is 4. The van der Waals surface area contributed by atoms with Gasteiger partial charge in [0.1, 0.15) is 12.7 Å². The van der Waals surface area contributed by atoms with Gasteiger partial charge in [-0.25, -0.2) is 9.67 Å². The number of rotatable bonds is 2. The molecule has 0 fully saturated rings. The predicted molar refractivity (Wildman–Crippen MR) is 66.3 cm³/mol. The zero-order valence-electron chi connectivity index (χ0n) is 9.12. The Kier molecular flexibility index (Phi) is 2.49. The van der Waals surface area contributed by atoms with E-state index < -0.39 is 0 Å². The summed E-state index contributed by atoms with van der Waals surface area (Å²) in [6.45, 7) is 0. The highest BCUT2D eigenvalue weighted by Crippen LogP contribution is 2.28. The fourth-order valence-corrected chi connectivity index (χ4v) is 1.87. The molecule has 0 aliphatic carbocycles. The van der Waals surface area contributed by atoms with Gasteiger partial charge in [-0.3, -0.25) is 0 Å². The van der Waals surface area contributed by atoms with Gasteiger partial charge in [0.05, 0.1) is 10.7 Å². The van der Waals surface area contributed by atoms with Crippen molar-refractivity contribution in [1.82, 2.24) is 19.9 Å². The molecule has 0 saturated heterocycles. The van der Waals surface area contributed by atoms with Crippen molar-refractivity contribution in [1.29, 1.82) is 0 Å². The van der Waals surface area contributed by atoms with E-state index in [1.165, 1.54) is 6.33 Å². The number of nitrogen functional groups attached to an aromatic ring is 1. The second-order valence-electron chi connectivity index (χ2n) is 3.62. The van der Waals surface area contributed by atoms with Gasteiger partial charge in [-0.2, -0.15) is 5.10 Å². The third kappa shape index (κ3) is 1.82. The Bertz CT molecular complexity index is 677. The molecular weight excluding hydrogens is 254 g/mol. The van der Waals surface area contributed by atoms with E-state index in [9.17, 15) is 0 Å². The molecule has 3 aromatic rings. The molecule has 3 rings (SSSR count). The van der Waals surface area contributed by atoms with Crippen molar-refractivity contribution < 1.29 is 4.52 Å². The lowest BCUT2D eigenvalue weighted by molar-refractivity contribution is 0.436. The monoisotopic (exact) mass is 261 g/mol. The summed E-state index contributed by atoms with van der Waals surface area (Å²) in [6.07, 6.45) is 3.02. The molecule has 0 aliphatic heterocycles. The number of halogens is 1. The molecule has 1 aromatic carbocycles. The number of nitrogens with two attached hydrogens (primary N) is 1. The Hall–Kier alpha value is -2.34. The van der Waals surface area contributed by atoms with Crippen molar-refractivity contribution >= 4 is 17.4 Å². The lowest BCUT2D eigenvalue weighted by atomic mass is 10.1. The molecule has 18 heavy (non-hydrogen) atoms. The summed E-state index contributed by atoms with van der Waals surface area (Å²) in [5.74, 6) is 0.904. The minimum absolute atomic E-state index is 0.335. The molecule has 0 bridgehead atoms. The maximum atomic E-state index is 6.20. The smallest absolute Gasteiger partial charge is 0.169 e. The van der Waals surface area contributed by atoms with Crippen LogP contribution in [0, 0.1) is 0 Å². The summed E-state index contributed by atoms with van der Waals surface area (Å²) in [6, 6.07) is 7.08. The first-order chi connectivity index (χ1) is 8.74. The van der Waals surface area contributed by atoms with Gasteiger partial charge in [0.25, 0.3) is 0 Å². The first-order valence-corrected chi connectivity index (χ1v) is 5.49. The molecule has 7 heteroatoms. The molecule has 2 N–H and O–H groups in total. The fourth-order valence-electron chi connectivity index (χ4n) is 1.60. The minimum Gasteiger partial charge on any atom is -0.381 e. The van der Waals surface area contributed by atoms with E-state index in [4.69, 9.17) is 21.9 Å². The normalized spacial score (nSPS) is 10.7. The van der Waals surface area contributed by atoms with Gasteiger partial charge in [-0.1, -0.05) is 16.8 Å². The van der Waals surface area contributed by atoms with E-state index in [1.54, 1.807) is 23.1 Å². The van der Waals surface area contributed by atoms with Gasteiger partial charge in [0.15, 0.2) is 11.6 Å². The maximum absolute atomic E-state index is 6.20. The molecule has 90 valence electrons.